The molecule has 0 saturated carbocycles. The van der Waals surface area contributed by atoms with Crippen molar-refractivity contribution < 1.29 is 9.18 Å². The number of imidazole rings is 1. The number of nitrogens with zero attached hydrogens (tertiary/aromatic N) is 3. The van der Waals surface area contributed by atoms with Crippen molar-refractivity contribution in [2.45, 2.75) is 25.8 Å². The van der Waals surface area contributed by atoms with E-state index in [2.05, 4.69) is 4.98 Å². The lowest BCUT2D eigenvalue weighted by atomic mass is 10.1. The van der Waals surface area contributed by atoms with Crippen LogP contribution in [0.5, 0.6) is 0 Å². The van der Waals surface area contributed by atoms with Gasteiger partial charge in [-0.25, -0.2) is 9.37 Å². The van der Waals surface area contributed by atoms with Crippen molar-refractivity contribution in [2.24, 2.45) is 7.05 Å². The van der Waals surface area contributed by atoms with Crippen molar-refractivity contribution in [1.29, 1.82) is 0 Å². The lowest BCUT2D eigenvalue weighted by Gasteiger charge is -2.27. The number of carbonyl (C=O) groups is 1. The first-order chi connectivity index (χ1) is 10.6. The van der Waals surface area contributed by atoms with Crippen molar-refractivity contribution in [3.05, 3.63) is 52.3 Å². The van der Waals surface area contributed by atoms with E-state index in [1.165, 1.54) is 6.07 Å². The summed E-state index contributed by atoms with van der Waals surface area (Å²) in [5.41, 5.74) is 2.53. The fraction of sp³-hybridized carbons (Fsp3) is 0.375. The topological polar surface area (TPSA) is 38.1 Å². The molecule has 0 atom stereocenters. The summed E-state index contributed by atoms with van der Waals surface area (Å²) in [7, 11) is 1.85. The number of carbonyl (C=O) groups excluding carboxylic acids is 1. The lowest BCUT2D eigenvalue weighted by Crippen LogP contribution is -2.36. The largest absolute Gasteiger partial charge is 0.336 e. The molecule has 1 aromatic carbocycles. The molecule has 1 amide bonds. The lowest BCUT2D eigenvalue weighted by molar-refractivity contribution is -0.132. The number of hydrogen-bond acceptors (Lipinski definition) is 2. The molecule has 1 aliphatic heterocycles. The van der Waals surface area contributed by atoms with Gasteiger partial charge < -0.3 is 9.47 Å². The Morgan fingerprint density at radius 1 is 1.41 bits per heavy atom. The molecular weight excluding hydrogens is 305 g/mol. The molecule has 2 heterocycles. The second-order valence-corrected chi connectivity index (χ2v) is 5.83. The second kappa shape index (κ2) is 6.08. The summed E-state index contributed by atoms with van der Waals surface area (Å²) in [6.07, 6.45) is 1.43. The molecular formula is C16H17ClFN3O. The summed E-state index contributed by atoms with van der Waals surface area (Å²) in [6, 6.07) is 6.58. The molecule has 6 heteroatoms. The Morgan fingerprint density at radius 3 is 2.95 bits per heavy atom. The van der Waals surface area contributed by atoms with Gasteiger partial charge >= 0.3 is 0 Å². The van der Waals surface area contributed by atoms with Crippen LogP contribution in [0.2, 0.25) is 5.28 Å². The second-order valence-electron chi connectivity index (χ2n) is 5.49. The Kier molecular flexibility index (Phi) is 4.16. The quantitative estimate of drug-likeness (QED) is 0.872. The Hall–Kier alpha value is -1.88. The van der Waals surface area contributed by atoms with Crippen molar-refractivity contribution in [2.75, 3.05) is 6.54 Å². The van der Waals surface area contributed by atoms with E-state index in [9.17, 15) is 9.18 Å². The van der Waals surface area contributed by atoms with Crippen LogP contribution >= 0.6 is 11.6 Å². The fourth-order valence-electron chi connectivity index (χ4n) is 2.77. The monoisotopic (exact) mass is 321 g/mol. The van der Waals surface area contributed by atoms with Crippen LogP contribution in [0.25, 0.3) is 0 Å². The minimum atomic E-state index is -0.255. The smallest absolute Gasteiger partial charge is 0.223 e. The van der Waals surface area contributed by atoms with Crippen LogP contribution in [0.15, 0.2) is 24.3 Å². The first-order valence-electron chi connectivity index (χ1n) is 7.27. The molecule has 2 aromatic rings. The van der Waals surface area contributed by atoms with Crippen molar-refractivity contribution in [3.8, 4) is 0 Å². The Balaban J connectivity index is 1.64. The molecule has 3 rings (SSSR count). The van der Waals surface area contributed by atoms with Gasteiger partial charge in [0.1, 0.15) is 5.82 Å². The maximum atomic E-state index is 13.6. The van der Waals surface area contributed by atoms with Gasteiger partial charge in [-0.05, 0) is 29.7 Å². The van der Waals surface area contributed by atoms with Gasteiger partial charge in [-0.3, -0.25) is 4.79 Å². The van der Waals surface area contributed by atoms with E-state index >= 15 is 0 Å². The highest BCUT2D eigenvalue weighted by Gasteiger charge is 2.25. The van der Waals surface area contributed by atoms with Gasteiger partial charge in [0.05, 0.1) is 17.9 Å². The minimum Gasteiger partial charge on any atom is -0.336 e. The van der Waals surface area contributed by atoms with Crippen LogP contribution in [0, 0.1) is 5.82 Å². The molecule has 22 heavy (non-hydrogen) atoms. The van der Waals surface area contributed by atoms with Crippen molar-refractivity contribution >= 4 is 17.5 Å². The molecule has 4 nitrogen and oxygen atoms in total. The van der Waals surface area contributed by atoms with E-state index in [0.717, 1.165) is 11.4 Å². The number of rotatable bonds is 3. The molecule has 1 aliphatic rings. The predicted octanol–water partition coefficient (Wildman–Crippen LogP) is 2.73. The first kappa shape index (κ1) is 15.0. The average Bonchev–Trinajstić information content (AvgIpc) is 2.81. The van der Waals surface area contributed by atoms with Gasteiger partial charge in [-0.1, -0.05) is 18.2 Å². The van der Waals surface area contributed by atoms with Crippen LogP contribution in [0.4, 0.5) is 4.39 Å². The zero-order chi connectivity index (χ0) is 15.7. The summed E-state index contributed by atoms with van der Waals surface area (Å²) in [4.78, 5) is 18.4. The van der Waals surface area contributed by atoms with E-state index in [1.54, 1.807) is 23.1 Å². The number of aryl methyl sites for hydroxylation is 1. The Bertz CT molecular complexity index is 713. The predicted molar refractivity (Wildman–Crippen MR) is 82.1 cm³/mol. The van der Waals surface area contributed by atoms with Gasteiger partial charge in [0.2, 0.25) is 11.2 Å². The van der Waals surface area contributed by atoms with E-state index in [0.29, 0.717) is 43.2 Å². The maximum Gasteiger partial charge on any atom is 0.223 e. The van der Waals surface area contributed by atoms with Gasteiger partial charge in [0.25, 0.3) is 0 Å². The van der Waals surface area contributed by atoms with Gasteiger partial charge in [-0.15, -0.1) is 0 Å². The zero-order valence-electron chi connectivity index (χ0n) is 12.4. The van der Waals surface area contributed by atoms with E-state index in [-0.39, 0.29) is 11.7 Å². The van der Waals surface area contributed by atoms with Crippen LogP contribution in [0.3, 0.4) is 0 Å². The molecule has 0 saturated heterocycles. The highest BCUT2D eigenvalue weighted by molar-refractivity contribution is 6.28. The number of halogens is 2. The maximum absolute atomic E-state index is 13.6. The summed E-state index contributed by atoms with van der Waals surface area (Å²) < 4.78 is 15.4. The molecule has 0 aliphatic carbocycles. The van der Waals surface area contributed by atoms with Crippen molar-refractivity contribution in [1.82, 2.24) is 14.5 Å². The van der Waals surface area contributed by atoms with Crippen LogP contribution in [0.1, 0.15) is 23.4 Å². The number of hydrogen-bond donors (Lipinski definition) is 0. The Morgan fingerprint density at radius 2 is 2.18 bits per heavy atom. The van der Waals surface area contributed by atoms with Gasteiger partial charge in [0, 0.05) is 26.4 Å². The third-order valence-corrected chi connectivity index (χ3v) is 4.46. The van der Waals surface area contributed by atoms with E-state index < -0.39 is 0 Å². The normalized spacial score (nSPS) is 14.0. The van der Waals surface area contributed by atoms with Crippen molar-refractivity contribution in [3.63, 3.8) is 0 Å². The summed E-state index contributed by atoms with van der Waals surface area (Å²) in [6.45, 7) is 1.15. The SMILES string of the molecule is Cn1c(Cl)nc2c1CN(C(=O)CCc1ccccc1F)CC2. The van der Waals surface area contributed by atoms with E-state index in [4.69, 9.17) is 11.6 Å². The highest BCUT2D eigenvalue weighted by Crippen LogP contribution is 2.22. The molecule has 1 aromatic heterocycles. The first-order valence-corrected chi connectivity index (χ1v) is 7.65. The standard InChI is InChI=1S/C16H17ClFN3O/c1-20-14-10-21(9-8-13(14)19-16(20)17)15(22)7-6-11-4-2-3-5-12(11)18/h2-5H,6-10H2,1H3. The summed E-state index contributed by atoms with van der Waals surface area (Å²) in [5, 5.41) is 0.450. The summed E-state index contributed by atoms with van der Waals surface area (Å²) in [5.74, 6) is -0.221. The third-order valence-electron chi connectivity index (χ3n) is 4.12. The zero-order valence-corrected chi connectivity index (χ0v) is 13.1. The molecule has 0 fully saturated rings. The molecule has 0 bridgehead atoms. The number of benzene rings is 1. The van der Waals surface area contributed by atoms with Crippen LogP contribution in [-0.2, 0) is 31.2 Å². The molecule has 0 spiro atoms. The average molecular weight is 322 g/mol. The van der Waals surface area contributed by atoms with Gasteiger partial charge in [-0.2, -0.15) is 0 Å². The third kappa shape index (κ3) is 2.86. The molecule has 116 valence electrons. The van der Waals surface area contributed by atoms with Gasteiger partial charge in [0.15, 0.2) is 0 Å². The number of amides is 1. The Labute approximate surface area is 133 Å². The summed E-state index contributed by atoms with van der Waals surface area (Å²) >= 11 is 6.01. The number of aromatic nitrogens is 2. The molecule has 0 unspecified atom stereocenters. The molecule has 0 N–H and O–H groups in total. The van der Waals surface area contributed by atoms with E-state index in [1.807, 2.05) is 11.6 Å². The van der Waals surface area contributed by atoms with Crippen LogP contribution < -0.4 is 0 Å². The highest BCUT2D eigenvalue weighted by atomic mass is 35.5. The molecule has 0 radical (unpaired) electrons. The van der Waals surface area contributed by atoms with Crippen LogP contribution in [-0.4, -0.2) is 26.9 Å². The minimum absolute atomic E-state index is 0.0335. The fourth-order valence-corrected chi connectivity index (χ4v) is 2.97. The number of fused-ring (bicyclic) bond motifs is 1.